The Bertz CT molecular complexity index is 863. The lowest BCUT2D eigenvalue weighted by Gasteiger charge is -2.32. The average molecular weight is 464 g/mol. The fourth-order valence-corrected chi connectivity index (χ4v) is 5.82. The predicted molar refractivity (Wildman–Crippen MR) is 143 cm³/mol. The first-order valence-electron chi connectivity index (χ1n) is 14.0. The van der Waals surface area contributed by atoms with Gasteiger partial charge in [-0.3, -0.25) is 4.79 Å². The molecular weight excluding hydrogens is 418 g/mol. The van der Waals surface area contributed by atoms with E-state index in [1.807, 2.05) is 0 Å². The van der Waals surface area contributed by atoms with E-state index in [2.05, 4.69) is 58.0 Å². The number of carbonyl (C=O) groups excluding carboxylic acids is 1. The van der Waals surface area contributed by atoms with Crippen molar-refractivity contribution in [3.8, 4) is 0 Å². The second-order valence-corrected chi connectivity index (χ2v) is 10.6. The van der Waals surface area contributed by atoms with Gasteiger partial charge in [-0.2, -0.15) is 0 Å². The Morgan fingerprint density at radius 1 is 0.794 bits per heavy atom. The van der Waals surface area contributed by atoms with Crippen molar-refractivity contribution >= 4 is 16.7 Å². The van der Waals surface area contributed by atoms with Crippen molar-refractivity contribution in [2.24, 2.45) is 11.8 Å². The molecule has 1 saturated carbocycles. The Morgan fingerprint density at radius 3 is 2.35 bits per heavy atom. The lowest BCUT2D eigenvalue weighted by atomic mass is 9.89. The Morgan fingerprint density at radius 2 is 1.53 bits per heavy atom. The number of rotatable bonds is 12. The fraction of sp³-hybridized carbons (Fsp3) is 0.633. The maximum Gasteiger partial charge on any atom is 0.227 e. The lowest BCUT2D eigenvalue weighted by Crippen LogP contribution is -2.39. The first-order chi connectivity index (χ1) is 16.8. The van der Waals surface area contributed by atoms with Crippen LogP contribution in [0.4, 0.5) is 0 Å². The van der Waals surface area contributed by atoms with Gasteiger partial charge < -0.3 is 15.5 Å². The summed E-state index contributed by atoms with van der Waals surface area (Å²) in [4.78, 5) is 15.0. The van der Waals surface area contributed by atoms with Gasteiger partial charge in [0.05, 0.1) is 6.42 Å². The van der Waals surface area contributed by atoms with Gasteiger partial charge in [0, 0.05) is 13.1 Å². The smallest absolute Gasteiger partial charge is 0.227 e. The zero-order chi connectivity index (χ0) is 23.4. The summed E-state index contributed by atoms with van der Waals surface area (Å²) in [6.45, 7) is 6.49. The first kappa shape index (κ1) is 25.2. The van der Waals surface area contributed by atoms with Gasteiger partial charge in [0.2, 0.25) is 5.91 Å². The number of unbranched alkanes of at least 4 members (excludes halogenated alkanes) is 1. The van der Waals surface area contributed by atoms with Crippen molar-refractivity contribution in [3.63, 3.8) is 0 Å². The van der Waals surface area contributed by atoms with Crippen LogP contribution in [0.3, 0.4) is 0 Å². The SMILES string of the molecule is O=C(Cc1cccc2ccccc12)N1CCC(CCNCCCCNCC2CCCCC2)CC1. The molecule has 2 aromatic rings. The summed E-state index contributed by atoms with van der Waals surface area (Å²) in [5.74, 6) is 1.98. The molecule has 2 aliphatic rings. The van der Waals surface area contributed by atoms with Crippen LogP contribution in [0.1, 0.15) is 69.8 Å². The Balaban J connectivity index is 1.03. The van der Waals surface area contributed by atoms with Crippen LogP contribution in [-0.2, 0) is 11.2 Å². The van der Waals surface area contributed by atoms with Gasteiger partial charge in [-0.1, -0.05) is 61.7 Å². The molecule has 0 bridgehead atoms. The summed E-state index contributed by atoms with van der Waals surface area (Å²) in [6.07, 6.45) is 13.8. The standard InChI is InChI=1S/C30H45N3O/c34-30(23-28-13-8-12-27-11-4-5-14-29(27)28)33-21-16-25(17-22-33)15-20-31-18-6-7-19-32-24-26-9-2-1-3-10-26/h4-5,8,11-14,25-26,31-32H,1-3,6-7,9-10,15-24H2. The molecule has 4 rings (SSSR count). The van der Waals surface area contributed by atoms with E-state index in [1.165, 1.54) is 75.2 Å². The van der Waals surface area contributed by atoms with E-state index in [0.29, 0.717) is 6.42 Å². The van der Waals surface area contributed by atoms with Crippen molar-refractivity contribution in [2.45, 2.75) is 70.6 Å². The predicted octanol–water partition coefficient (Wildman–Crippen LogP) is 5.55. The number of piperidine rings is 1. The molecule has 0 aromatic heterocycles. The normalized spacial score (nSPS) is 17.9. The zero-order valence-electron chi connectivity index (χ0n) is 21.1. The van der Waals surface area contributed by atoms with Crippen molar-refractivity contribution < 1.29 is 4.79 Å². The van der Waals surface area contributed by atoms with Crippen LogP contribution >= 0.6 is 0 Å². The summed E-state index contributed by atoms with van der Waals surface area (Å²) in [5, 5.41) is 9.75. The molecule has 0 radical (unpaired) electrons. The molecule has 4 heteroatoms. The molecule has 2 N–H and O–H groups in total. The minimum Gasteiger partial charge on any atom is -0.342 e. The van der Waals surface area contributed by atoms with Crippen LogP contribution in [-0.4, -0.2) is 50.1 Å². The molecule has 1 heterocycles. The minimum absolute atomic E-state index is 0.282. The molecule has 0 atom stereocenters. The Labute approximate surface area is 206 Å². The van der Waals surface area contributed by atoms with Crippen molar-refractivity contribution in [2.75, 3.05) is 39.3 Å². The number of hydrogen-bond donors (Lipinski definition) is 2. The van der Waals surface area contributed by atoms with Gasteiger partial charge in [0.25, 0.3) is 0 Å². The van der Waals surface area contributed by atoms with E-state index in [0.717, 1.165) is 56.4 Å². The van der Waals surface area contributed by atoms with Gasteiger partial charge in [0.15, 0.2) is 0 Å². The lowest BCUT2D eigenvalue weighted by molar-refractivity contribution is -0.131. The summed E-state index contributed by atoms with van der Waals surface area (Å²) in [5.41, 5.74) is 1.15. The van der Waals surface area contributed by atoms with Crippen LogP contribution in [0.2, 0.25) is 0 Å². The Kier molecular flexibility index (Phi) is 10.3. The minimum atomic E-state index is 0.282. The number of carbonyl (C=O) groups is 1. The zero-order valence-corrected chi connectivity index (χ0v) is 21.1. The number of hydrogen-bond acceptors (Lipinski definition) is 3. The third-order valence-electron chi connectivity index (χ3n) is 8.03. The molecule has 0 spiro atoms. The maximum atomic E-state index is 12.9. The van der Waals surface area contributed by atoms with Gasteiger partial charge in [-0.15, -0.1) is 0 Å². The summed E-state index contributed by atoms with van der Waals surface area (Å²) in [6, 6.07) is 14.7. The first-order valence-corrected chi connectivity index (χ1v) is 14.0. The van der Waals surface area contributed by atoms with Crippen molar-refractivity contribution in [1.29, 1.82) is 0 Å². The maximum absolute atomic E-state index is 12.9. The van der Waals surface area contributed by atoms with Crippen LogP contribution in [0.15, 0.2) is 42.5 Å². The third-order valence-corrected chi connectivity index (χ3v) is 8.03. The highest BCUT2D eigenvalue weighted by molar-refractivity contribution is 5.90. The highest BCUT2D eigenvalue weighted by Crippen LogP contribution is 2.24. The average Bonchev–Trinajstić information content (AvgIpc) is 2.89. The molecule has 186 valence electrons. The van der Waals surface area contributed by atoms with Gasteiger partial charge >= 0.3 is 0 Å². The Hall–Kier alpha value is -1.91. The molecule has 1 saturated heterocycles. The van der Waals surface area contributed by atoms with E-state index >= 15 is 0 Å². The van der Waals surface area contributed by atoms with E-state index in [9.17, 15) is 4.79 Å². The molecule has 2 aromatic carbocycles. The van der Waals surface area contributed by atoms with E-state index in [1.54, 1.807) is 0 Å². The summed E-state index contributed by atoms with van der Waals surface area (Å²) < 4.78 is 0. The number of fused-ring (bicyclic) bond motifs is 1. The molecule has 0 unspecified atom stereocenters. The molecule has 4 nitrogen and oxygen atoms in total. The third kappa shape index (κ3) is 7.81. The monoisotopic (exact) mass is 463 g/mol. The van der Waals surface area contributed by atoms with Crippen LogP contribution in [0, 0.1) is 11.8 Å². The van der Waals surface area contributed by atoms with Crippen LogP contribution in [0.5, 0.6) is 0 Å². The number of likely N-dealkylation sites (tertiary alicyclic amines) is 1. The highest BCUT2D eigenvalue weighted by Gasteiger charge is 2.23. The van der Waals surface area contributed by atoms with Gasteiger partial charge in [0.1, 0.15) is 0 Å². The summed E-state index contributed by atoms with van der Waals surface area (Å²) in [7, 11) is 0. The van der Waals surface area contributed by atoms with Crippen LogP contribution in [0.25, 0.3) is 10.8 Å². The molecule has 34 heavy (non-hydrogen) atoms. The molecule has 1 amide bonds. The number of nitrogens with one attached hydrogen (secondary N) is 2. The second-order valence-electron chi connectivity index (χ2n) is 10.6. The quantitative estimate of drug-likeness (QED) is 0.406. The highest BCUT2D eigenvalue weighted by atomic mass is 16.2. The second kappa shape index (κ2) is 13.8. The van der Waals surface area contributed by atoms with Crippen molar-refractivity contribution in [1.82, 2.24) is 15.5 Å². The summed E-state index contributed by atoms with van der Waals surface area (Å²) >= 11 is 0. The van der Waals surface area contributed by atoms with Gasteiger partial charge in [-0.05, 0) is 99.3 Å². The topological polar surface area (TPSA) is 44.4 Å². The fourth-order valence-electron chi connectivity index (χ4n) is 5.82. The van der Waals surface area contributed by atoms with Crippen LogP contribution < -0.4 is 10.6 Å². The van der Waals surface area contributed by atoms with Gasteiger partial charge in [-0.25, -0.2) is 0 Å². The van der Waals surface area contributed by atoms with Crippen molar-refractivity contribution in [3.05, 3.63) is 48.0 Å². The van der Waals surface area contributed by atoms with E-state index in [-0.39, 0.29) is 5.91 Å². The molecular formula is C30H45N3O. The largest absolute Gasteiger partial charge is 0.342 e. The number of amides is 1. The van der Waals surface area contributed by atoms with E-state index < -0.39 is 0 Å². The number of nitrogens with zero attached hydrogens (tertiary/aromatic N) is 1. The molecule has 1 aliphatic heterocycles. The van der Waals surface area contributed by atoms with E-state index in [4.69, 9.17) is 0 Å². The molecule has 2 fully saturated rings. The molecule has 1 aliphatic carbocycles. The number of benzene rings is 2.